The SMILES string of the molecule is CC(C)(C)CC(=O)CC(Cc1ccccc1)C(F)(F)F.CC(C)(C)CC(=S)CC(=O)Cc1ccc(F)cc1.CC(C)(C)CC(=S)CC(=O)Cc1ccccc1.CC(C)CC(=O)C1(C(=O)Cc2ccc(F)cc2)CC1.CC(C)CC(=O)C1(C(=O)Cc2ccccc2)CC1.CC(C)CC(=O)CC(=O)Cc1ccccc1. The molecule has 9 nitrogen and oxygen atoms in total. The van der Waals surface area contributed by atoms with E-state index < -0.39 is 29.3 Å². The van der Waals surface area contributed by atoms with Gasteiger partial charge in [-0.1, -0.05) is 274 Å². The highest BCUT2D eigenvalue weighted by atomic mass is 32.1. The van der Waals surface area contributed by atoms with Gasteiger partial charge in [-0.05, 0) is 137 Å². The maximum atomic E-state index is 13.0. The van der Waals surface area contributed by atoms with E-state index in [1.165, 1.54) is 24.3 Å². The number of hydrogen-bond acceptors (Lipinski definition) is 11. The molecule has 6 aromatic rings. The molecule has 0 heterocycles. The standard InChI is InChI=1S/C16H21F3O.C16H19FO2.C16H20O2.C15H19FOS.C15H20OS.C14H18O2/c1-15(2,3)11-14(20)10-13(16(17,18)19)9-12-7-5-4-6-8-12;1-11(2)9-14(18)16(7-8-16)15(19)10-12-3-5-13(17)6-4-12;1-12(2)10-14(17)16(8-9-16)15(18)11-13-6-4-3-5-7-13;1-15(2,3)10-14(18)9-13(17)8-11-4-6-12(16)7-5-11;1-15(2,3)11-14(17)10-13(16)9-12-7-5-4-6-8-12;1-11(2)8-13(15)10-14(16)9-12-6-4-3-5-7-12/h4-8,13H,9-11H2,1-3H3;3-6,11H,7-10H2,1-2H3;3-7,12H,8-11H2,1-2H3;4-7H,8-10H2,1-3H3;4-8H,9-11H2,1-3H3;3-7,11H,8-10H2,1-2H3. The van der Waals surface area contributed by atoms with Crippen LogP contribution in [-0.4, -0.2) is 68.0 Å². The third-order valence-electron chi connectivity index (χ3n) is 17.4. The fourth-order valence-corrected chi connectivity index (χ4v) is 13.2. The van der Waals surface area contributed by atoms with Crippen molar-refractivity contribution in [2.24, 2.45) is 50.7 Å². The largest absolute Gasteiger partial charge is 0.392 e. The highest BCUT2D eigenvalue weighted by molar-refractivity contribution is 7.80. The van der Waals surface area contributed by atoms with Crippen molar-refractivity contribution < 1.29 is 65.1 Å². The Morgan fingerprint density at radius 1 is 0.333 bits per heavy atom. The lowest BCUT2D eigenvalue weighted by atomic mass is 9.85. The molecular weight excluding hydrogens is 1410 g/mol. The summed E-state index contributed by atoms with van der Waals surface area (Å²) < 4.78 is 64.7. The number of benzene rings is 6. The van der Waals surface area contributed by atoms with Gasteiger partial charge < -0.3 is 0 Å². The minimum absolute atomic E-state index is 0.00948. The lowest BCUT2D eigenvalue weighted by molar-refractivity contribution is -0.178. The maximum absolute atomic E-state index is 13.0. The first-order valence-electron chi connectivity index (χ1n) is 37.7. The van der Waals surface area contributed by atoms with Crippen LogP contribution in [0.5, 0.6) is 0 Å². The minimum Gasteiger partial charge on any atom is -0.300 e. The lowest BCUT2D eigenvalue weighted by Gasteiger charge is -2.22. The van der Waals surface area contributed by atoms with Gasteiger partial charge in [-0.2, -0.15) is 13.2 Å². The molecule has 2 aliphatic rings. The number of alkyl halides is 3. The van der Waals surface area contributed by atoms with E-state index in [2.05, 4.69) is 41.5 Å². The Labute approximate surface area is 651 Å². The summed E-state index contributed by atoms with van der Waals surface area (Å²) in [6.45, 7) is 30.3. The average Bonchev–Trinajstić information content (AvgIpc) is 1.62. The predicted octanol–water partition coefficient (Wildman–Crippen LogP) is 22.3. The van der Waals surface area contributed by atoms with Crippen LogP contribution in [0, 0.1) is 62.4 Å². The summed E-state index contributed by atoms with van der Waals surface area (Å²) >= 11 is 10.5. The summed E-state index contributed by atoms with van der Waals surface area (Å²) in [5, 5.41) is 0. The van der Waals surface area contributed by atoms with Gasteiger partial charge in [-0.25, -0.2) is 8.78 Å². The van der Waals surface area contributed by atoms with Crippen LogP contribution < -0.4 is 0 Å². The quantitative estimate of drug-likeness (QED) is 0.0220. The van der Waals surface area contributed by atoms with Crippen LogP contribution in [0.1, 0.15) is 227 Å². The minimum atomic E-state index is -4.34. The molecule has 108 heavy (non-hydrogen) atoms. The van der Waals surface area contributed by atoms with Crippen molar-refractivity contribution in [3.63, 3.8) is 0 Å². The molecule has 0 aliphatic heterocycles. The Balaban J connectivity index is 0.000000337. The van der Waals surface area contributed by atoms with E-state index in [1.807, 2.05) is 153 Å². The molecule has 2 aliphatic carbocycles. The molecule has 0 aromatic heterocycles. The second-order valence-electron chi connectivity index (χ2n) is 33.9. The molecule has 586 valence electrons. The summed E-state index contributed by atoms with van der Waals surface area (Å²) in [6.07, 6.45) is 3.88. The predicted molar refractivity (Wildman–Crippen MR) is 433 cm³/mol. The number of ketones is 9. The van der Waals surface area contributed by atoms with Gasteiger partial charge in [0, 0.05) is 86.8 Å². The molecule has 16 heteroatoms. The molecule has 1 unspecified atom stereocenters. The van der Waals surface area contributed by atoms with Crippen molar-refractivity contribution in [2.45, 2.75) is 238 Å². The first kappa shape index (κ1) is 94.4. The lowest BCUT2D eigenvalue weighted by Crippen LogP contribution is -2.28. The highest BCUT2D eigenvalue weighted by Crippen LogP contribution is 2.50. The zero-order chi connectivity index (χ0) is 81.2. The number of Topliss-reactive ketones (excluding diaryl/α,β-unsaturated/α-hetero) is 9. The van der Waals surface area contributed by atoms with Gasteiger partial charge >= 0.3 is 6.18 Å². The van der Waals surface area contributed by atoms with Crippen LogP contribution in [-0.2, 0) is 81.7 Å². The fraction of sp³-hybridized carbons (Fsp3) is 0.489. The molecule has 0 spiro atoms. The third kappa shape index (κ3) is 40.6. The van der Waals surface area contributed by atoms with Gasteiger partial charge in [0.2, 0.25) is 0 Å². The van der Waals surface area contributed by atoms with E-state index in [-0.39, 0.29) is 112 Å². The van der Waals surface area contributed by atoms with Crippen LogP contribution in [0.4, 0.5) is 22.0 Å². The van der Waals surface area contributed by atoms with Crippen LogP contribution in [0.3, 0.4) is 0 Å². The van der Waals surface area contributed by atoms with E-state index in [0.717, 1.165) is 63.2 Å². The van der Waals surface area contributed by atoms with Crippen molar-refractivity contribution in [1.29, 1.82) is 0 Å². The van der Waals surface area contributed by atoms with Crippen molar-refractivity contribution in [2.75, 3.05) is 0 Å². The molecular formula is C92H117F5O9S2. The van der Waals surface area contributed by atoms with Crippen LogP contribution in [0.25, 0.3) is 0 Å². The number of rotatable bonds is 33. The van der Waals surface area contributed by atoms with E-state index in [4.69, 9.17) is 24.4 Å². The van der Waals surface area contributed by atoms with Gasteiger partial charge in [0.15, 0.2) is 11.6 Å². The Bertz CT molecular complexity index is 3840. The van der Waals surface area contributed by atoms with Gasteiger partial charge in [-0.15, -0.1) is 0 Å². The van der Waals surface area contributed by atoms with E-state index in [1.54, 1.807) is 54.6 Å². The third-order valence-corrected chi connectivity index (χ3v) is 18.0. The van der Waals surface area contributed by atoms with Gasteiger partial charge in [0.1, 0.15) is 52.1 Å². The monoisotopic (exact) mass is 1520 g/mol. The summed E-state index contributed by atoms with van der Waals surface area (Å²) in [7, 11) is 0. The smallest absolute Gasteiger partial charge is 0.300 e. The van der Waals surface area contributed by atoms with Gasteiger partial charge in [0.25, 0.3) is 0 Å². The van der Waals surface area contributed by atoms with E-state index in [0.29, 0.717) is 88.0 Å². The number of carbonyl (C=O) groups is 9. The van der Waals surface area contributed by atoms with E-state index >= 15 is 0 Å². The summed E-state index contributed by atoms with van der Waals surface area (Å²) in [5.74, 6) is -0.871. The van der Waals surface area contributed by atoms with Crippen LogP contribution in [0.2, 0.25) is 0 Å². The number of hydrogen-bond donors (Lipinski definition) is 0. The zero-order valence-electron chi connectivity index (χ0n) is 66.5. The normalized spacial score (nSPS) is 13.5. The second kappa shape index (κ2) is 45.4. The molecule has 2 fully saturated rings. The molecule has 8 rings (SSSR count). The Kier molecular flexibility index (Phi) is 39.6. The highest BCUT2D eigenvalue weighted by Gasteiger charge is 2.55. The average molecular weight is 1530 g/mol. The molecule has 2 saturated carbocycles. The number of carbonyl (C=O) groups excluding carboxylic acids is 9. The van der Waals surface area contributed by atoms with Crippen molar-refractivity contribution >= 4 is 86.2 Å². The molecule has 0 bridgehead atoms. The number of thiocarbonyl (C=S) groups is 2. The molecule has 0 saturated heterocycles. The Morgan fingerprint density at radius 3 is 0.898 bits per heavy atom. The first-order chi connectivity index (χ1) is 50.3. The number of halogens is 5. The maximum Gasteiger partial charge on any atom is 0.392 e. The molecule has 0 radical (unpaired) electrons. The summed E-state index contributed by atoms with van der Waals surface area (Å²) in [4.78, 5) is 109. The summed E-state index contributed by atoms with van der Waals surface area (Å²) in [5.41, 5.74) is 3.93. The first-order valence-corrected chi connectivity index (χ1v) is 38.5. The molecule has 0 N–H and O–H groups in total. The van der Waals surface area contributed by atoms with Gasteiger partial charge in [-0.3, -0.25) is 43.2 Å². The Morgan fingerprint density at radius 2 is 0.611 bits per heavy atom. The van der Waals surface area contributed by atoms with Gasteiger partial charge in [0.05, 0.1) is 23.2 Å². The van der Waals surface area contributed by atoms with Crippen molar-refractivity contribution in [3.8, 4) is 0 Å². The molecule has 0 amide bonds. The zero-order valence-corrected chi connectivity index (χ0v) is 68.1. The fourth-order valence-electron chi connectivity index (χ4n) is 12.0. The van der Waals surface area contributed by atoms with Crippen LogP contribution in [0.15, 0.2) is 170 Å². The Hall–Kier alpha value is -7.82. The molecule has 1 atom stereocenters. The van der Waals surface area contributed by atoms with Crippen molar-refractivity contribution in [1.82, 2.24) is 0 Å². The van der Waals surface area contributed by atoms with Crippen LogP contribution >= 0.6 is 24.4 Å². The topological polar surface area (TPSA) is 154 Å². The second-order valence-corrected chi connectivity index (χ2v) is 35.0. The molecule has 6 aromatic carbocycles. The van der Waals surface area contributed by atoms with E-state index in [9.17, 15) is 65.1 Å². The van der Waals surface area contributed by atoms with Crippen molar-refractivity contribution in [3.05, 3.63) is 215 Å². The summed E-state index contributed by atoms with van der Waals surface area (Å²) in [6, 6.07) is 49.5.